The van der Waals surface area contributed by atoms with Crippen molar-refractivity contribution in [2.24, 2.45) is 5.73 Å². The fraction of sp³-hybridized carbons (Fsp3) is 0.0476. The molecule has 3 rings (SSSR count). The molecule has 0 saturated heterocycles. The summed E-state index contributed by atoms with van der Waals surface area (Å²) in [5.74, 6) is -1.50. The summed E-state index contributed by atoms with van der Waals surface area (Å²) in [6.45, 7) is 0. The minimum Gasteiger partial charge on any atom is -0.366 e. The van der Waals surface area contributed by atoms with Crippen LogP contribution in [0, 0.1) is 5.82 Å². The molecule has 0 aromatic heterocycles. The molecular formula is C21H17FN2O3. The van der Waals surface area contributed by atoms with Gasteiger partial charge in [0.05, 0.1) is 0 Å². The number of nitrogens with one attached hydrogen (secondary N) is 1. The molecule has 2 amide bonds. The van der Waals surface area contributed by atoms with Crippen molar-refractivity contribution in [1.82, 2.24) is 5.48 Å². The van der Waals surface area contributed by atoms with E-state index in [-0.39, 0.29) is 5.82 Å². The summed E-state index contributed by atoms with van der Waals surface area (Å²) in [5, 5.41) is 8.72. The molecule has 3 aromatic rings. The van der Waals surface area contributed by atoms with Gasteiger partial charge in [0.2, 0.25) is 5.91 Å². The Morgan fingerprint density at radius 2 is 1.63 bits per heavy atom. The molecule has 0 aliphatic carbocycles. The van der Waals surface area contributed by atoms with Crippen molar-refractivity contribution in [3.63, 3.8) is 0 Å². The van der Waals surface area contributed by atoms with Crippen LogP contribution in [0.25, 0.3) is 11.1 Å². The predicted molar refractivity (Wildman–Crippen MR) is 98.9 cm³/mol. The molecule has 0 bridgehead atoms. The van der Waals surface area contributed by atoms with E-state index in [0.29, 0.717) is 17.5 Å². The number of carbonyl (C=O) groups excluding carboxylic acids is 2. The minimum absolute atomic E-state index is 0.299. The van der Waals surface area contributed by atoms with Crippen LogP contribution in [-0.4, -0.2) is 17.0 Å². The second-order valence-electron chi connectivity index (χ2n) is 6.02. The van der Waals surface area contributed by atoms with Gasteiger partial charge in [-0.1, -0.05) is 36.4 Å². The molecule has 0 aliphatic heterocycles. The summed E-state index contributed by atoms with van der Waals surface area (Å²) in [5.41, 5.74) is 10.9. The standard InChI is InChI=1S/C21H17FN2O3/c22-16-10-4-13(5-11-16)12-19-17(2-1-3-18(19)20(23)25)14-6-8-15(9-7-14)21(26)24-27/h1-11,27H,12H2,(H2,23,25)(H,24,26). The average molecular weight is 364 g/mol. The molecule has 27 heavy (non-hydrogen) atoms. The van der Waals surface area contributed by atoms with Gasteiger partial charge in [0.25, 0.3) is 5.91 Å². The Bertz CT molecular complexity index is 983. The van der Waals surface area contributed by atoms with Crippen LogP contribution in [0.2, 0.25) is 0 Å². The predicted octanol–water partition coefficient (Wildman–Crippen LogP) is 3.30. The molecule has 0 radical (unpaired) electrons. The van der Waals surface area contributed by atoms with E-state index in [9.17, 15) is 14.0 Å². The Morgan fingerprint density at radius 1 is 0.963 bits per heavy atom. The van der Waals surface area contributed by atoms with Crippen LogP contribution >= 0.6 is 0 Å². The van der Waals surface area contributed by atoms with Crippen molar-refractivity contribution < 1.29 is 19.2 Å². The second kappa shape index (κ2) is 7.80. The van der Waals surface area contributed by atoms with Crippen LogP contribution in [0.3, 0.4) is 0 Å². The first-order valence-electron chi connectivity index (χ1n) is 8.20. The second-order valence-corrected chi connectivity index (χ2v) is 6.02. The lowest BCUT2D eigenvalue weighted by atomic mass is 9.90. The van der Waals surface area contributed by atoms with Gasteiger partial charge >= 0.3 is 0 Å². The van der Waals surface area contributed by atoms with Crippen LogP contribution in [-0.2, 0) is 6.42 Å². The monoisotopic (exact) mass is 364 g/mol. The Labute approximate surface area is 155 Å². The maximum atomic E-state index is 13.2. The number of amides is 2. The van der Waals surface area contributed by atoms with Gasteiger partial charge in [-0.25, -0.2) is 9.87 Å². The molecule has 0 saturated carbocycles. The number of benzene rings is 3. The van der Waals surface area contributed by atoms with Crippen LogP contribution in [0.4, 0.5) is 4.39 Å². The third-order valence-corrected chi connectivity index (χ3v) is 4.30. The van der Waals surface area contributed by atoms with Gasteiger partial charge in [0.1, 0.15) is 5.82 Å². The molecule has 136 valence electrons. The van der Waals surface area contributed by atoms with E-state index in [1.165, 1.54) is 12.1 Å². The van der Waals surface area contributed by atoms with E-state index >= 15 is 0 Å². The number of halogens is 1. The van der Waals surface area contributed by atoms with Crippen molar-refractivity contribution in [3.8, 4) is 11.1 Å². The Hall–Kier alpha value is -3.51. The van der Waals surface area contributed by atoms with E-state index in [0.717, 1.165) is 22.3 Å². The summed E-state index contributed by atoms with van der Waals surface area (Å²) in [6, 6.07) is 17.9. The normalized spacial score (nSPS) is 10.4. The molecule has 3 aromatic carbocycles. The first-order valence-corrected chi connectivity index (χ1v) is 8.20. The fourth-order valence-electron chi connectivity index (χ4n) is 2.95. The first kappa shape index (κ1) is 18.3. The highest BCUT2D eigenvalue weighted by Gasteiger charge is 2.15. The quantitative estimate of drug-likeness (QED) is 0.479. The summed E-state index contributed by atoms with van der Waals surface area (Å²) >= 11 is 0. The average Bonchev–Trinajstić information content (AvgIpc) is 2.69. The van der Waals surface area contributed by atoms with E-state index in [1.807, 2.05) is 6.07 Å². The zero-order valence-electron chi connectivity index (χ0n) is 14.3. The third kappa shape index (κ3) is 4.02. The number of nitrogens with two attached hydrogens (primary N) is 1. The highest BCUT2D eigenvalue weighted by atomic mass is 19.1. The Balaban J connectivity index is 2.06. The van der Waals surface area contributed by atoms with Crippen molar-refractivity contribution in [1.29, 1.82) is 0 Å². The van der Waals surface area contributed by atoms with Crippen molar-refractivity contribution in [3.05, 3.63) is 94.8 Å². The molecule has 0 unspecified atom stereocenters. The topological polar surface area (TPSA) is 92.4 Å². The maximum absolute atomic E-state index is 13.2. The van der Waals surface area contributed by atoms with Crippen LogP contribution < -0.4 is 11.2 Å². The molecule has 0 aliphatic rings. The van der Waals surface area contributed by atoms with Crippen LogP contribution in [0.5, 0.6) is 0 Å². The fourth-order valence-corrected chi connectivity index (χ4v) is 2.95. The number of hydrogen-bond acceptors (Lipinski definition) is 3. The number of hydrogen-bond donors (Lipinski definition) is 3. The number of rotatable bonds is 5. The van der Waals surface area contributed by atoms with Gasteiger partial charge in [-0.15, -0.1) is 0 Å². The van der Waals surface area contributed by atoms with Gasteiger partial charge in [-0.3, -0.25) is 14.8 Å². The van der Waals surface area contributed by atoms with E-state index in [1.54, 1.807) is 54.0 Å². The van der Waals surface area contributed by atoms with Gasteiger partial charge in [-0.05, 0) is 59.0 Å². The number of hydroxylamine groups is 1. The lowest BCUT2D eigenvalue weighted by Gasteiger charge is -2.14. The van der Waals surface area contributed by atoms with E-state index in [2.05, 4.69) is 0 Å². The highest BCUT2D eigenvalue weighted by Crippen LogP contribution is 2.29. The van der Waals surface area contributed by atoms with Gasteiger partial charge < -0.3 is 5.73 Å². The lowest BCUT2D eigenvalue weighted by Crippen LogP contribution is -2.18. The van der Waals surface area contributed by atoms with Gasteiger partial charge in [-0.2, -0.15) is 0 Å². The SMILES string of the molecule is NC(=O)c1cccc(-c2ccc(C(=O)NO)cc2)c1Cc1ccc(F)cc1. The number of carbonyl (C=O) groups is 2. The Kier molecular flexibility index (Phi) is 5.28. The summed E-state index contributed by atoms with van der Waals surface area (Å²) in [4.78, 5) is 23.4. The smallest absolute Gasteiger partial charge is 0.274 e. The first-order chi connectivity index (χ1) is 13.0. The minimum atomic E-state index is -0.612. The molecule has 5 nitrogen and oxygen atoms in total. The summed E-state index contributed by atoms with van der Waals surface area (Å²) in [6.07, 6.45) is 0.396. The third-order valence-electron chi connectivity index (χ3n) is 4.30. The molecule has 6 heteroatoms. The highest BCUT2D eigenvalue weighted by molar-refractivity contribution is 5.97. The molecule has 0 fully saturated rings. The summed E-state index contributed by atoms with van der Waals surface area (Å²) < 4.78 is 13.2. The van der Waals surface area contributed by atoms with E-state index < -0.39 is 11.8 Å². The van der Waals surface area contributed by atoms with Gasteiger partial charge in [0, 0.05) is 11.1 Å². The van der Waals surface area contributed by atoms with E-state index in [4.69, 9.17) is 10.9 Å². The lowest BCUT2D eigenvalue weighted by molar-refractivity contribution is 0.0706. The molecule has 0 spiro atoms. The van der Waals surface area contributed by atoms with Crippen molar-refractivity contribution in [2.75, 3.05) is 0 Å². The van der Waals surface area contributed by atoms with Crippen molar-refractivity contribution >= 4 is 11.8 Å². The molecule has 4 N–H and O–H groups in total. The largest absolute Gasteiger partial charge is 0.366 e. The molecular weight excluding hydrogens is 347 g/mol. The van der Waals surface area contributed by atoms with Crippen molar-refractivity contribution in [2.45, 2.75) is 6.42 Å². The number of primary amides is 1. The molecule has 0 heterocycles. The zero-order valence-corrected chi connectivity index (χ0v) is 14.3. The Morgan fingerprint density at radius 3 is 2.22 bits per heavy atom. The van der Waals surface area contributed by atoms with Crippen LogP contribution in [0.1, 0.15) is 31.8 Å². The summed E-state index contributed by atoms with van der Waals surface area (Å²) in [7, 11) is 0. The van der Waals surface area contributed by atoms with Gasteiger partial charge in [0.15, 0.2) is 0 Å². The zero-order chi connectivity index (χ0) is 19.4. The maximum Gasteiger partial charge on any atom is 0.274 e. The molecule has 0 atom stereocenters. The van der Waals surface area contributed by atoms with Crippen LogP contribution in [0.15, 0.2) is 66.7 Å².